The standard InChI is InChI=1S/C15H18N2O5/c1-20-11-4-3-9(8-12(11)21-2)7-10-14-17(6-5-13(18)19)15(16-10)22-14/h3-4,7-8,14-16H,5-6H2,1-2H3,(H,18,19). The second-order valence-corrected chi connectivity index (χ2v) is 5.08. The quantitative estimate of drug-likeness (QED) is 0.813. The number of ether oxygens (including phenoxy) is 3. The van der Waals surface area contributed by atoms with Crippen LogP contribution in [-0.4, -0.2) is 49.3 Å². The number of carbonyl (C=O) groups is 1. The number of benzene rings is 1. The van der Waals surface area contributed by atoms with E-state index in [1.54, 1.807) is 14.2 Å². The number of aliphatic carboxylic acids is 1. The average molecular weight is 306 g/mol. The zero-order valence-corrected chi connectivity index (χ0v) is 12.4. The molecule has 3 saturated heterocycles. The molecule has 118 valence electrons. The van der Waals surface area contributed by atoms with Gasteiger partial charge in [-0.25, -0.2) is 4.90 Å². The van der Waals surface area contributed by atoms with E-state index in [1.165, 1.54) is 0 Å². The molecule has 7 nitrogen and oxygen atoms in total. The van der Waals surface area contributed by atoms with Crippen molar-refractivity contribution in [3.8, 4) is 11.5 Å². The zero-order valence-electron chi connectivity index (χ0n) is 12.4. The summed E-state index contributed by atoms with van der Waals surface area (Å²) >= 11 is 0. The van der Waals surface area contributed by atoms with E-state index in [9.17, 15) is 4.79 Å². The average Bonchev–Trinajstić information content (AvgIpc) is 3.04. The molecule has 3 aliphatic rings. The van der Waals surface area contributed by atoms with Gasteiger partial charge in [-0.3, -0.25) is 4.79 Å². The number of fused-ring (bicyclic) bond motifs is 1. The summed E-state index contributed by atoms with van der Waals surface area (Å²) in [6, 6.07) is 5.64. The summed E-state index contributed by atoms with van der Waals surface area (Å²) in [5, 5.41) is 12.0. The van der Waals surface area contributed by atoms with Crippen molar-refractivity contribution in [3.05, 3.63) is 29.5 Å². The lowest BCUT2D eigenvalue weighted by molar-refractivity contribution is -0.234. The van der Waals surface area contributed by atoms with Crippen LogP contribution in [0.2, 0.25) is 0 Å². The van der Waals surface area contributed by atoms with Crippen LogP contribution in [-0.2, 0) is 9.53 Å². The van der Waals surface area contributed by atoms with Crippen molar-refractivity contribution >= 4 is 12.0 Å². The predicted octanol–water partition coefficient (Wildman–Crippen LogP) is 1.06. The molecule has 0 radical (unpaired) electrons. The van der Waals surface area contributed by atoms with Gasteiger partial charge in [-0.15, -0.1) is 0 Å². The maximum absolute atomic E-state index is 10.7. The minimum Gasteiger partial charge on any atom is -0.493 e. The first-order valence-electron chi connectivity index (χ1n) is 6.95. The largest absolute Gasteiger partial charge is 0.493 e. The highest BCUT2D eigenvalue weighted by Gasteiger charge is 2.49. The van der Waals surface area contributed by atoms with E-state index in [4.69, 9.17) is 19.3 Å². The lowest BCUT2D eigenvalue weighted by Crippen LogP contribution is -2.54. The minimum atomic E-state index is -0.809. The Labute approximate surface area is 128 Å². The number of methoxy groups -OCH3 is 2. The second-order valence-electron chi connectivity index (χ2n) is 5.08. The number of nitrogens with zero attached hydrogens (tertiary/aromatic N) is 1. The van der Waals surface area contributed by atoms with E-state index >= 15 is 0 Å². The fourth-order valence-corrected chi connectivity index (χ4v) is 2.62. The van der Waals surface area contributed by atoms with E-state index < -0.39 is 5.97 Å². The number of nitrogens with one attached hydrogen (secondary N) is 1. The molecular formula is C15H18N2O5. The molecule has 0 aromatic heterocycles. The normalized spacial score (nSPS) is 24.7. The summed E-state index contributed by atoms with van der Waals surface area (Å²) in [7, 11) is 3.19. The Morgan fingerprint density at radius 2 is 2.18 bits per heavy atom. The Morgan fingerprint density at radius 3 is 2.86 bits per heavy atom. The molecule has 3 heterocycles. The number of hydrogen-bond donors (Lipinski definition) is 2. The third-order valence-corrected chi connectivity index (χ3v) is 3.73. The molecule has 1 aromatic carbocycles. The van der Waals surface area contributed by atoms with E-state index in [0.29, 0.717) is 18.0 Å². The van der Waals surface area contributed by atoms with Gasteiger partial charge in [-0.1, -0.05) is 6.07 Å². The van der Waals surface area contributed by atoms with Crippen LogP contribution in [0.1, 0.15) is 12.0 Å². The van der Waals surface area contributed by atoms with Crippen LogP contribution in [0, 0.1) is 0 Å². The number of carboxylic acids is 1. The molecule has 4 rings (SSSR count). The van der Waals surface area contributed by atoms with Crippen molar-refractivity contribution in [2.75, 3.05) is 20.8 Å². The van der Waals surface area contributed by atoms with Crippen molar-refractivity contribution in [3.63, 3.8) is 0 Å². The monoisotopic (exact) mass is 306 g/mol. The maximum atomic E-state index is 10.7. The van der Waals surface area contributed by atoms with Crippen LogP contribution in [0.3, 0.4) is 0 Å². The van der Waals surface area contributed by atoms with Crippen LogP contribution in [0.5, 0.6) is 11.5 Å². The van der Waals surface area contributed by atoms with Crippen LogP contribution in [0.15, 0.2) is 23.9 Å². The van der Waals surface area contributed by atoms with Gasteiger partial charge < -0.3 is 24.6 Å². The van der Waals surface area contributed by atoms with Crippen molar-refractivity contribution in [2.24, 2.45) is 0 Å². The van der Waals surface area contributed by atoms with Crippen LogP contribution in [0.4, 0.5) is 0 Å². The molecule has 0 aliphatic carbocycles. The number of rotatable bonds is 6. The summed E-state index contributed by atoms with van der Waals surface area (Å²) in [5.74, 6) is 0.523. The van der Waals surface area contributed by atoms with Crippen LogP contribution in [0.25, 0.3) is 6.08 Å². The molecule has 22 heavy (non-hydrogen) atoms. The fourth-order valence-electron chi connectivity index (χ4n) is 2.62. The summed E-state index contributed by atoms with van der Waals surface area (Å²) in [6.07, 6.45) is 1.64. The Balaban J connectivity index is 1.73. The van der Waals surface area contributed by atoms with Gasteiger partial charge in [0.1, 0.15) is 0 Å². The Kier molecular flexibility index (Phi) is 3.91. The Bertz CT molecular complexity index is 616. The molecule has 0 spiro atoms. The molecular weight excluding hydrogens is 288 g/mol. The van der Waals surface area contributed by atoms with Gasteiger partial charge in [0.05, 0.1) is 26.3 Å². The summed E-state index contributed by atoms with van der Waals surface area (Å²) in [4.78, 5) is 12.6. The number of carboxylic acid groups (broad SMARTS) is 1. The van der Waals surface area contributed by atoms with Crippen molar-refractivity contribution in [1.29, 1.82) is 0 Å². The predicted molar refractivity (Wildman–Crippen MR) is 78.3 cm³/mol. The maximum Gasteiger partial charge on any atom is 0.304 e. The van der Waals surface area contributed by atoms with Gasteiger partial charge in [-0.05, 0) is 23.8 Å². The molecule has 3 aliphatic heterocycles. The first-order chi connectivity index (χ1) is 10.6. The molecule has 2 atom stereocenters. The fraction of sp³-hybridized carbons (Fsp3) is 0.400. The van der Waals surface area contributed by atoms with E-state index in [0.717, 1.165) is 11.3 Å². The second kappa shape index (κ2) is 5.86. The van der Waals surface area contributed by atoms with Crippen molar-refractivity contribution in [2.45, 2.75) is 19.0 Å². The topological polar surface area (TPSA) is 80.3 Å². The molecule has 2 bridgehead atoms. The molecule has 0 amide bonds. The minimum absolute atomic E-state index is 0.0989. The van der Waals surface area contributed by atoms with Crippen molar-refractivity contribution < 1.29 is 24.1 Å². The lowest BCUT2D eigenvalue weighted by atomic mass is 10.1. The Morgan fingerprint density at radius 1 is 1.41 bits per heavy atom. The molecule has 0 saturated carbocycles. The van der Waals surface area contributed by atoms with Crippen LogP contribution < -0.4 is 14.8 Å². The summed E-state index contributed by atoms with van der Waals surface area (Å²) in [5.41, 5.74) is 1.87. The molecule has 7 heteroatoms. The summed E-state index contributed by atoms with van der Waals surface area (Å²) < 4.78 is 16.1. The SMILES string of the molecule is COc1ccc(C=C2NC3OC2N3CCC(=O)O)cc1OC. The highest BCUT2D eigenvalue weighted by molar-refractivity contribution is 5.67. The van der Waals surface area contributed by atoms with Gasteiger partial charge in [0.15, 0.2) is 24.1 Å². The van der Waals surface area contributed by atoms with Gasteiger partial charge in [0.2, 0.25) is 0 Å². The molecule has 2 unspecified atom stereocenters. The molecule has 3 fully saturated rings. The van der Waals surface area contributed by atoms with Gasteiger partial charge in [-0.2, -0.15) is 0 Å². The Hall–Kier alpha value is -2.25. The first-order valence-corrected chi connectivity index (χ1v) is 6.95. The van der Waals surface area contributed by atoms with E-state index in [-0.39, 0.29) is 19.0 Å². The zero-order chi connectivity index (χ0) is 15.7. The summed E-state index contributed by atoms with van der Waals surface area (Å²) in [6.45, 7) is 0.459. The van der Waals surface area contributed by atoms with Gasteiger partial charge in [0.25, 0.3) is 0 Å². The smallest absolute Gasteiger partial charge is 0.304 e. The highest BCUT2D eigenvalue weighted by atomic mass is 16.6. The van der Waals surface area contributed by atoms with E-state index in [2.05, 4.69) is 5.32 Å². The van der Waals surface area contributed by atoms with Crippen molar-refractivity contribution in [1.82, 2.24) is 10.2 Å². The lowest BCUT2D eigenvalue weighted by Gasteiger charge is -2.37. The third-order valence-electron chi connectivity index (χ3n) is 3.73. The van der Waals surface area contributed by atoms with Gasteiger partial charge in [0, 0.05) is 6.54 Å². The first kappa shape index (κ1) is 14.7. The third kappa shape index (κ3) is 2.60. The highest BCUT2D eigenvalue weighted by Crippen LogP contribution is 2.35. The molecule has 2 N–H and O–H groups in total. The molecule has 1 aromatic rings. The van der Waals surface area contributed by atoms with Gasteiger partial charge >= 0.3 is 5.97 Å². The number of hydrogen-bond acceptors (Lipinski definition) is 6. The van der Waals surface area contributed by atoms with Crippen LogP contribution >= 0.6 is 0 Å². The van der Waals surface area contributed by atoms with E-state index in [1.807, 2.05) is 29.2 Å².